The molecule has 3 N–H and O–H groups in total. The molecule has 0 saturated carbocycles. The van der Waals surface area contributed by atoms with Gasteiger partial charge in [-0.1, -0.05) is 51.0 Å². The first-order valence-electron chi connectivity index (χ1n) is 21.0. The summed E-state index contributed by atoms with van der Waals surface area (Å²) < 4.78 is 48.7. The lowest BCUT2D eigenvalue weighted by atomic mass is 9.73. The van der Waals surface area contributed by atoms with Crippen LogP contribution in [-0.4, -0.2) is 122 Å². The van der Waals surface area contributed by atoms with Crippen molar-refractivity contribution in [1.29, 1.82) is 0 Å². The summed E-state index contributed by atoms with van der Waals surface area (Å²) in [6.07, 6.45) is 1.05. The third-order valence-corrected chi connectivity index (χ3v) is 12.9. The number of ether oxygens (including phenoxy) is 5. The summed E-state index contributed by atoms with van der Waals surface area (Å²) in [5.41, 5.74) is 1.93. The number of esters is 1. The van der Waals surface area contributed by atoms with Gasteiger partial charge in [0.1, 0.15) is 23.7 Å². The number of nitrogens with zero attached hydrogens (tertiary/aromatic N) is 4. The number of alkyl halides is 1. The minimum atomic E-state index is -3.14. The number of rotatable bonds is 10. The molecule has 0 radical (unpaired) electrons. The lowest BCUT2D eigenvalue weighted by Gasteiger charge is -2.44. The number of benzene rings is 1. The molecule has 3 aliphatic heterocycles. The van der Waals surface area contributed by atoms with Crippen LogP contribution in [0.25, 0.3) is 11.3 Å². The largest absolute Gasteiger partial charge is 0.456 e. The van der Waals surface area contributed by atoms with E-state index in [-0.39, 0.29) is 31.5 Å². The molecule has 0 spiro atoms. The first kappa shape index (κ1) is 46.1. The smallest absolute Gasteiger partial charge is 0.410 e. The molecule has 3 fully saturated rings. The Bertz CT molecular complexity index is 1810. The van der Waals surface area contributed by atoms with E-state index in [1.165, 1.54) is 25.9 Å². The molecule has 1 amide bonds. The van der Waals surface area contributed by atoms with Crippen molar-refractivity contribution in [3.05, 3.63) is 30.5 Å². The lowest BCUT2D eigenvalue weighted by Crippen LogP contribution is -2.60. The maximum absolute atomic E-state index is 16.7. The second-order valence-electron chi connectivity index (χ2n) is 17.5. The number of halogens is 1. The van der Waals surface area contributed by atoms with Crippen LogP contribution in [0.15, 0.2) is 30.5 Å². The van der Waals surface area contributed by atoms with E-state index in [1.807, 2.05) is 31.3 Å². The lowest BCUT2D eigenvalue weighted by molar-refractivity contribution is -0.193. The van der Waals surface area contributed by atoms with E-state index in [9.17, 15) is 24.3 Å². The van der Waals surface area contributed by atoms with Crippen molar-refractivity contribution in [2.24, 2.45) is 17.8 Å². The first-order chi connectivity index (χ1) is 27.7. The fraction of sp³-hybridized carbons (Fsp3) is 0.721. The number of amides is 1. The molecule has 328 valence electrons. The summed E-state index contributed by atoms with van der Waals surface area (Å²) in [4.78, 5) is 57.6. The fourth-order valence-corrected chi connectivity index (χ4v) is 9.15. The number of Topliss-reactive ketones (excluding diaryl/α,β-unsaturated/α-hetero) is 2. The summed E-state index contributed by atoms with van der Waals surface area (Å²) in [7, 11) is 1.42. The third-order valence-electron chi connectivity index (χ3n) is 12.9. The number of anilines is 1. The number of nitrogen functional groups attached to an aromatic ring is 1. The summed E-state index contributed by atoms with van der Waals surface area (Å²) in [6.45, 7) is 12.9. The number of carbonyl (C=O) groups excluding carboxylic acids is 4. The highest BCUT2D eigenvalue weighted by Crippen LogP contribution is 2.42. The Morgan fingerprint density at radius 1 is 1.00 bits per heavy atom. The second-order valence-corrected chi connectivity index (χ2v) is 17.5. The molecule has 1 aromatic heterocycles. The summed E-state index contributed by atoms with van der Waals surface area (Å²) in [6, 6.07) is 6.41. The van der Waals surface area contributed by atoms with Crippen molar-refractivity contribution >= 4 is 29.3 Å². The third kappa shape index (κ3) is 9.98. The van der Waals surface area contributed by atoms with Gasteiger partial charge in [-0.25, -0.2) is 14.0 Å². The molecule has 3 saturated heterocycles. The number of cyclic esters (lactones) is 1. The molecule has 5 rings (SSSR count). The van der Waals surface area contributed by atoms with Gasteiger partial charge >= 0.3 is 12.1 Å². The van der Waals surface area contributed by atoms with E-state index in [0.29, 0.717) is 37.2 Å². The topological polar surface area (TPSA) is 195 Å². The quantitative estimate of drug-likeness (QED) is 0.132. The highest BCUT2D eigenvalue weighted by Gasteiger charge is 2.61. The molecule has 3 aliphatic rings. The van der Waals surface area contributed by atoms with Gasteiger partial charge in [-0.3, -0.25) is 14.3 Å². The highest BCUT2D eigenvalue weighted by atomic mass is 19.1. The van der Waals surface area contributed by atoms with E-state index >= 15 is 4.39 Å². The first-order valence-corrected chi connectivity index (χ1v) is 21.0. The van der Waals surface area contributed by atoms with Crippen molar-refractivity contribution in [3.63, 3.8) is 0 Å². The van der Waals surface area contributed by atoms with Crippen molar-refractivity contribution in [3.8, 4) is 11.3 Å². The number of nitrogens with two attached hydrogens (primary N) is 1. The number of hydrogen-bond donors (Lipinski definition) is 2. The van der Waals surface area contributed by atoms with E-state index in [0.717, 1.165) is 31.7 Å². The number of aliphatic hydroxyl groups excluding tert-OH is 1. The van der Waals surface area contributed by atoms with Crippen LogP contribution >= 0.6 is 0 Å². The van der Waals surface area contributed by atoms with Crippen LogP contribution in [0.4, 0.5) is 14.9 Å². The highest BCUT2D eigenvalue weighted by molar-refractivity contribution is 6.08. The van der Waals surface area contributed by atoms with Gasteiger partial charge in [0.2, 0.25) is 0 Å². The average molecular weight is 830 g/mol. The Morgan fingerprint density at radius 3 is 2.39 bits per heavy atom. The van der Waals surface area contributed by atoms with E-state index in [4.69, 9.17) is 29.4 Å². The van der Waals surface area contributed by atoms with Crippen molar-refractivity contribution < 1.29 is 52.4 Å². The van der Waals surface area contributed by atoms with Gasteiger partial charge in [0.05, 0.1) is 42.8 Å². The molecule has 0 bridgehead atoms. The van der Waals surface area contributed by atoms with Crippen LogP contribution in [0.1, 0.15) is 100 Å². The minimum Gasteiger partial charge on any atom is -0.456 e. The van der Waals surface area contributed by atoms with Gasteiger partial charge in [0.25, 0.3) is 5.67 Å². The summed E-state index contributed by atoms with van der Waals surface area (Å²) in [5, 5.41) is 19.5. The molecule has 2 aromatic rings. The normalized spacial score (nSPS) is 36.6. The molecular weight excluding hydrogens is 765 g/mol. The van der Waals surface area contributed by atoms with Crippen LogP contribution in [0.2, 0.25) is 0 Å². The summed E-state index contributed by atoms with van der Waals surface area (Å²) in [5.74, 6) is -5.64. The van der Waals surface area contributed by atoms with Gasteiger partial charge in [-0.05, 0) is 78.9 Å². The Morgan fingerprint density at radius 2 is 1.69 bits per heavy atom. The van der Waals surface area contributed by atoms with Crippen LogP contribution in [0, 0.1) is 17.8 Å². The Hall–Kier alpha value is -3.99. The standard InChI is InChI=1S/C43H64FN5O10/c1-25-22-41(6,55-9)38(56-24-34-33(50)18-11-10-15-26(2)57-34)28(4)37(52)42(7,44)39(53)58-29(5)43(8)36(27(3)35(25)51)49(40(54)59-43)20-13-12-19-48-23-32(46-47-48)30-16-14-17-31(45)21-30/h14,16-17,21,23,25-29,33-34,36,38,50H,10-13,15,18-20,22,24,45H2,1-9H3/t25-,26-,27+,28+,29-,33-,34+,36-,38-,41+,42+,43-/m1/s1. The Kier molecular flexibility index (Phi) is 14.6. The average Bonchev–Trinajstić information content (AvgIpc) is 3.77. The monoisotopic (exact) mass is 829 g/mol. The molecule has 59 heavy (non-hydrogen) atoms. The van der Waals surface area contributed by atoms with Crippen LogP contribution in [0.5, 0.6) is 0 Å². The number of aliphatic hydroxyl groups is 1. The molecule has 15 nitrogen and oxygen atoms in total. The number of hydrogen-bond acceptors (Lipinski definition) is 13. The van der Waals surface area contributed by atoms with Gasteiger partial charge in [-0.2, -0.15) is 0 Å². The second kappa shape index (κ2) is 18.7. The number of carbonyl (C=O) groups is 4. The van der Waals surface area contributed by atoms with Gasteiger partial charge in [0.15, 0.2) is 11.4 Å². The zero-order valence-corrected chi connectivity index (χ0v) is 36.0. The SMILES string of the molecule is CO[C@@]1(C)C[C@@H](C)C(=O)[C@H](C)[C@H]2N(CCCCn3cc(-c4cccc(N)c4)nn3)C(=O)O[C@]2(C)[C@@H](C)OC(=O)[C@@](C)(F)C(=O)[C@H](C)[C@H]1OC[C@@H]1O[C@H](C)CCCC[C@H]1O. The van der Waals surface area contributed by atoms with E-state index < -0.39 is 82.9 Å². The van der Waals surface area contributed by atoms with Crippen LogP contribution in [0.3, 0.4) is 0 Å². The van der Waals surface area contributed by atoms with Gasteiger partial charge in [0, 0.05) is 49.2 Å². The maximum Gasteiger partial charge on any atom is 0.410 e. The summed E-state index contributed by atoms with van der Waals surface area (Å²) >= 11 is 0. The molecule has 1 aromatic carbocycles. The number of unbranched alkanes of at least 4 members (excludes halogenated alkanes) is 1. The van der Waals surface area contributed by atoms with Crippen molar-refractivity contribution in [1.82, 2.24) is 19.9 Å². The molecule has 16 heteroatoms. The van der Waals surface area contributed by atoms with Gasteiger partial charge < -0.3 is 39.4 Å². The number of fused-ring (bicyclic) bond motifs is 1. The minimum absolute atomic E-state index is 0.0378. The predicted molar refractivity (Wildman–Crippen MR) is 216 cm³/mol. The molecule has 0 aliphatic carbocycles. The van der Waals surface area contributed by atoms with Crippen LogP contribution < -0.4 is 5.73 Å². The number of aromatic nitrogens is 3. The molecule has 0 unspecified atom stereocenters. The maximum atomic E-state index is 16.7. The zero-order valence-electron chi connectivity index (χ0n) is 36.0. The molecule has 4 heterocycles. The Labute approximate surface area is 346 Å². The van der Waals surface area contributed by atoms with E-state index in [1.54, 1.807) is 38.4 Å². The number of methoxy groups -OCH3 is 1. The number of ketones is 2. The van der Waals surface area contributed by atoms with E-state index in [2.05, 4.69) is 10.3 Å². The van der Waals surface area contributed by atoms with Crippen molar-refractivity contribution in [2.75, 3.05) is 26.0 Å². The molecular formula is C43H64FN5O10. The zero-order chi connectivity index (χ0) is 43.4. The fourth-order valence-electron chi connectivity index (χ4n) is 9.15. The Balaban J connectivity index is 1.40. The van der Waals surface area contributed by atoms with Crippen molar-refractivity contribution in [2.45, 2.75) is 160 Å². The predicted octanol–water partition coefficient (Wildman–Crippen LogP) is 5.50. The van der Waals surface area contributed by atoms with Gasteiger partial charge in [-0.15, -0.1) is 5.10 Å². The number of aryl methyl sites for hydroxylation is 1. The van der Waals surface area contributed by atoms with Crippen LogP contribution in [-0.2, 0) is 44.6 Å². The molecule has 12 atom stereocenters.